The number of thiophene rings is 1. The number of fused-ring (bicyclic) bond motifs is 3. The number of aliphatic imine (C=N–C) groups is 1. The zero-order chi connectivity index (χ0) is 41.5. The number of nitrogens with one attached hydrogen (secondary N) is 2. The number of halogens is 1. The van der Waals surface area contributed by atoms with Crippen LogP contribution in [-0.4, -0.2) is 87.2 Å². The molecule has 3 aliphatic heterocycles. The van der Waals surface area contributed by atoms with Gasteiger partial charge in [0, 0.05) is 40.1 Å². The van der Waals surface area contributed by atoms with Gasteiger partial charge in [0.05, 0.1) is 36.3 Å². The van der Waals surface area contributed by atoms with E-state index in [2.05, 4.69) is 20.8 Å². The SMILES string of the molecule is COC(=O)C[C@@H]1N=C(c2ccc(Cl)cc2)c2c(sc(C(=O)NCCCCCOc3cc4c5c(cccc5c3)C(=O)N(C3CCC(=O)NC3=O)C4=O)c2C)-n2c(C)nnc21. The minimum absolute atomic E-state index is 0.0279. The van der Waals surface area contributed by atoms with E-state index < -0.39 is 41.7 Å². The lowest BCUT2D eigenvalue weighted by atomic mass is 9.91. The maximum atomic E-state index is 13.7. The Kier molecular flexibility index (Phi) is 10.8. The molecule has 5 amide bonds. The van der Waals surface area contributed by atoms with Gasteiger partial charge in [-0.2, -0.15) is 0 Å². The minimum atomic E-state index is -1.08. The largest absolute Gasteiger partial charge is 0.494 e. The summed E-state index contributed by atoms with van der Waals surface area (Å²) in [5.41, 5.74) is 3.40. The summed E-state index contributed by atoms with van der Waals surface area (Å²) in [4.78, 5) is 84.3. The van der Waals surface area contributed by atoms with E-state index in [-0.39, 0.29) is 30.7 Å². The Balaban J connectivity index is 0.927. The Morgan fingerprint density at radius 2 is 1.76 bits per heavy atom. The molecule has 2 aromatic heterocycles. The number of amides is 5. The van der Waals surface area contributed by atoms with Gasteiger partial charge >= 0.3 is 5.97 Å². The van der Waals surface area contributed by atoms with Gasteiger partial charge in [-0.1, -0.05) is 35.9 Å². The van der Waals surface area contributed by atoms with Crippen LogP contribution in [0.4, 0.5) is 0 Å². The highest BCUT2D eigenvalue weighted by Gasteiger charge is 2.43. The van der Waals surface area contributed by atoms with Gasteiger partial charge in [0.15, 0.2) is 5.82 Å². The molecule has 8 rings (SSSR count). The molecular weight excluding hydrogens is 798 g/mol. The molecule has 0 radical (unpaired) electrons. The number of hydrogen-bond acceptors (Lipinski definition) is 12. The number of unbranched alkanes of at least 4 members (excludes halogenated alkanes) is 2. The van der Waals surface area contributed by atoms with Crippen molar-refractivity contribution in [3.8, 4) is 10.8 Å². The lowest BCUT2D eigenvalue weighted by Crippen LogP contribution is -2.57. The quantitative estimate of drug-likeness (QED) is 0.0911. The standard InChI is InChI=1S/C42H38ClN7O8S/c1-21-33-35(23-10-12-25(43)13-11-23)45-29(20-32(52)57-3)37-48-47-22(2)49(37)42(33)59-36(21)39(54)44-16-5-4-6-17-58-26-18-24-8-7-9-27-34(24)28(19-26)41(56)50(40(27)55)30-14-15-31(51)46-38(30)53/h7-13,18-19,29-30H,4-6,14-17,20H2,1-3H3,(H,44,54)(H,46,51,53)/t29-,30?/m0/s1. The Bertz CT molecular complexity index is 2620. The number of methoxy groups -OCH3 is 1. The molecular formula is C42H38ClN7O8S. The number of piperidine rings is 1. The number of esters is 1. The van der Waals surface area contributed by atoms with Crippen molar-refractivity contribution in [2.75, 3.05) is 20.3 Å². The first-order valence-electron chi connectivity index (χ1n) is 19.1. The summed E-state index contributed by atoms with van der Waals surface area (Å²) in [6.45, 7) is 4.45. The van der Waals surface area contributed by atoms with Gasteiger partial charge in [-0.3, -0.25) is 48.5 Å². The van der Waals surface area contributed by atoms with E-state index in [0.717, 1.165) is 33.0 Å². The van der Waals surface area contributed by atoms with Gasteiger partial charge in [-0.15, -0.1) is 21.5 Å². The molecule has 0 spiro atoms. The van der Waals surface area contributed by atoms with Crippen LogP contribution in [-0.2, 0) is 19.1 Å². The lowest BCUT2D eigenvalue weighted by Gasteiger charge is -2.34. The Labute approximate surface area is 346 Å². The van der Waals surface area contributed by atoms with Crippen LogP contribution in [0.3, 0.4) is 0 Å². The Morgan fingerprint density at radius 3 is 2.53 bits per heavy atom. The molecule has 2 N–H and O–H groups in total. The highest BCUT2D eigenvalue weighted by atomic mass is 35.5. The van der Waals surface area contributed by atoms with Crippen LogP contribution in [0.1, 0.15) is 103 Å². The van der Waals surface area contributed by atoms with Crippen molar-refractivity contribution in [1.82, 2.24) is 30.3 Å². The molecule has 302 valence electrons. The van der Waals surface area contributed by atoms with Crippen molar-refractivity contribution >= 4 is 74.9 Å². The van der Waals surface area contributed by atoms with Crippen molar-refractivity contribution in [2.45, 2.75) is 64.5 Å². The number of rotatable bonds is 12. The second-order valence-electron chi connectivity index (χ2n) is 14.4. The fourth-order valence-corrected chi connectivity index (χ4v) is 9.16. The van der Waals surface area contributed by atoms with Crippen LogP contribution < -0.4 is 15.4 Å². The highest BCUT2D eigenvalue weighted by molar-refractivity contribution is 7.17. The van der Waals surface area contributed by atoms with E-state index >= 15 is 0 Å². The number of ether oxygens (including phenoxy) is 2. The number of benzene rings is 3. The summed E-state index contributed by atoms with van der Waals surface area (Å²) in [6.07, 6.45) is 2.11. The molecule has 59 heavy (non-hydrogen) atoms. The number of aromatic nitrogens is 3. The summed E-state index contributed by atoms with van der Waals surface area (Å²) >= 11 is 7.54. The van der Waals surface area contributed by atoms with Crippen molar-refractivity contribution in [3.05, 3.63) is 104 Å². The van der Waals surface area contributed by atoms with Crippen LogP contribution in [0.25, 0.3) is 15.8 Å². The number of imide groups is 2. The lowest BCUT2D eigenvalue weighted by molar-refractivity contribution is -0.141. The molecule has 1 fully saturated rings. The first kappa shape index (κ1) is 39.6. The van der Waals surface area contributed by atoms with Gasteiger partial charge in [0.2, 0.25) is 11.8 Å². The number of carbonyl (C=O) groups is 6. The van der Waals surface area contributed by atoms with Gasteiger partial charge in [-0.25, -0.2) is 0 Å². The van der Waals surface area contributed by atoms with Gasteiger partial charge in [0.1, 0.15) is 28.7 Å². The summed E-state index contributed by atoms with van der Waals surface area (Å²) in [6, 6.07) is 14.0. The van der Waals surface area contributed by atoms with Crippen LogP contribution in [0.2, 0.25) is 5.02 Å². The molecule has 0 saturated carbocycles. The summed E-state index contributed by atoms with van der Waals surface area (Å²) in [5, 5.41) is 16.4. The van der Waals surface area contributed by atoms with Crippen molar-refractivity contribution in [1.29, 1.82) is 0 Å². The zero-order valence-electron chi connectivity index (χ0n) is 32.3. The van der Waals surface area contributed by atoms with Crippen LogP contribution in [0.5, 0.6) is 5.75 Å². The van der Waals surface area contributed by atoms with E-state index in [1.54, 1.807) is 42.5 Å². The first-order valence-corrected chi connectivity index (χ1v) is 20.3. The van der Waals surface area contributed by atoms with E-state index in [9.17, 15) is 28.8 Å². The molecule has 1 unspecified atom stereocenters. The summed E-state index contributed by atoms with van der Waals surface area (Å²) < 4.78 is 12.9. The summed E-state index contributed by atoms with van der Waals surface area (Å²) in [5.74, 6) is -1.47. The molecule has 17 heteroatoms. The van der Waals surface area contributed by atoms with E-state index in [1.165, 1.54) is 18.4 Å². The predicted molar refractivity (Wildman–Crippen MR) is 217 cm³/mol. The normalized spacial score (nSPS) is 17.2. The molecule has 15 nitrogen and oxygen atoms in total. The second kappa shape index (κ2) is 16.2. The average molecular weight is 836 g/mol. The maximum absolute atomic E-state index is 13.7. The van der Waals surface area contributed by atoms with E-state index in [0.29, 0.717) is 75.3 Å². The van der Waals surface area contributed by atoms with Crippen molar-refractivity contribution in [3.63, 3.8) is 0 Å². The van der Waals surface area contributed by atoms with Crippen LogP contribution >= 0.6 is 22.9 Å². The van der Waals surface area contributed by atoms with Crippen molar-refractivity contribution in [2.24, 2.45) is 4.99 Å². The van der Waals surface area contributed by atoms with Gasteiger partial charge in [0.25, 0.3) is 17.7 Å². The number of hydrogen-bond donors (Lipinski definition) is 2. The third-order valence-corrected chi connectivity index (χ3v) is 12.2. The zero-order valence-corrected chi connectivity index (χ0v) is 33.9. The predicted octanol–water partition coefficient (Wildman–Crippen LogP) is 5.59. The highest BCUT2D eigenvalue weighted by Crippen LogP contribution is 2.40. The number of nitrogens with zero attached hydrogens (tertiary/aromatic N) is 5. The molecule has 3 aromatic carbocycles. The smallest absolute Gasteiger partial charge is 0.308 e. The maximum Gasteiger partial charge on any atom is 0.308 e. The van der Waals surface area contributed by atoms with E-state index in [4.69, 9.17) is 26.1 Å². The molecule has 5 aromatic rings. The van der Waals surface area contributed by atoms with Crippen molar-refractivity contribution < 1.29 is 38.2 Å². The molecule has 3 aliphatic rings. The molecule has 0 bridgehead atoms. The third-order valence-electron chi connectivity index (χ3n) is 10.7. The average Bonchev–Trinajstić information content (AvgIpc) is 3.73. The molecule has 5 heterocycles. The fourth-order valence-electron chi connectivity index (χ4n) is 7.75. The third kappa shape index (κ3) is 7.38. The summed E-state index contributed by atoms with van der Waals surface area (Å²) in [7, 11) is 1.33. The minimum Gasteiger partial charge on any atom is -0.494 e. The number of carbonyl (C=O) groups excluding carboxylic acids is 6. The number of aryl methyl sites for hydroxylation is 1. The van der Waals surface area contributed by atoms with Gasteiger partial charge < -0.3 is 14.8 Å². The van der Waals surface area contributed by atoms with Crippen LogP contribution in [0, 0.1) is 13.8 Å². The topological polar surface area (TPSA) is 191 Å². The fraction of sp³-hybridized carbons (Fsp3) is 0.310. The molecule has 2 atom stereocenters. The first-order chi connectivity index (χ1) is 28.4. The Hall–Kier alpha value is -6.26. The van der Waals surface area contributed by atoms with Crippen LogP contribution in [0.15, 0.2) is 59.6 Å². The van der Waals surface area contributed by atoms with Gasteiger partial charge in [-0.05, 0) is 80.8 Å². The Morgan fingerprint density at radius 1 is 0.983 bits per heavy atom. The van der Waals surface area contributed by atoms with E-state index in [1.807, 2.05) is 30.5 Å². The molecule has 0 aliphatic carbocycles. The monoisotopic (exact) mass is 835 g/mol. The second-order valence-corrected chi connectivity index (χ2v) is 15.9. The molecule has 1 saturated heterocycles.